The van der Waals surface area contributed by atoms with Gasteiger partial charge in [-0.15, -0.1) is 0 Å². The van der Waals surface area contributed by atoms with Crippen molar-refractivity contribution in [3.63, 3.8) is 0 Å². The zero-order valence-electron chi connectivity index (χ0n) is 20.0. The Morgan fingerprint density at radius 3 is 2.53 bits per heavy atom. The smallest absolute Gasteiger partial charge is 0.164 e. The summed E-state index contributed by atoms with van der Waals surface area (Å²) in [6.07, 6.45) is 1.52. The van der Waals surface area contributed by atoms with Crippen molar-refractivity contribution in [2.45, 2.75) is 26.4 Å². The third-order valence-electron chi connectivity index (χ3n) is 5.58. The SMILES string of the molecule is CC(C)c1ccc2c(Nc3cc(OCc4cccc(Br)c4)ccc3Oc3ccccc3)ncnc2n1. The molecule has 0 radical (unpaired) electrons. The molecular formula is C29H25BrN4O2. The second-order valence-corrected chi connectivity index (χ2v) is 9.52. The lowest BCUT2D eigenvalue weighted by molar-refractivity contribution is 0.306. The average Bonchev–Trinajstić information content (AvgIpc) is 2.89. The van der Waals surface area contributed by atoms with E-state index in [2.05, 4.69) is 45.1 Å². The summed E-state index contributed by atoms with van der Waals surface area (Å²) in [5, 5.41) is 4.26. The molecule has 3 aromatic carbocycles. The quantitative estimate of drug-likeness (QED) is 0.215. The van der Waals surface area contributed by atoms with Crippen molar-refractivity contribution < 1.29 is 9.47 Å². The number of para-hydroxylation sites is 1. The fourth-order valence-corrected chi connectivity index (χ4v) is 4.15. The number of nitrogens with one attached hydrogen (secondary N) is 1. The molecule has 0 saturated carbocycles. The predicted molar refractivity (Wildman–Crippen MR) is 146 cm³/mol. The molecule has 0 atom stereocenters. The Morgan fingerprint density at radius 1 is 0.861 bits per heavy atom. The van der Waals surface area contributed by atoms with Gasteiger partial charge in [0.1, 0.15) is 30.3 Å². The minimum absolute atomic E-state index is 0.311. The van der Waals surface area contributed by atoms with E-state index in [4.69, 9.17) is 14.5 Å². The Morgan fingerprint density at radius 2 is 1.72 bits per heavy atom. The summed E-state index contributed by atoms with van der Waals surface area (Å²) >= 11 is 3.51. The van der Waals surface area contributed by atoms with Crippen LogP contribution in [-0.4, -0.2) is 15.0 Å². The predicted octanol–water partition coefficient (Wildman–Crippen LogP) is 8.03. The number of fused-ring (bicyclic) bond motifs is 1. The Hall–Kier alpha value is -3.97. The summed E-state index contributed by atoms with van der Waals surface area (Å²) in [4.78, 5) is 13.6. The number of anilines is 2. The van der Waals surface area contributed by atoms with Gasteiger partial charge in [0.25, 0.3) is 0 Å². The number of benzene rings is 3. The molecule has 0 saturated heterocycles. The van der Waals surface area contributed by atoms with Crippen LogP contribution >= 0.6 is 15.9 Å². The zero-order chi connectivity index (χ0) is 24.9. The van der Waals surface area contributed by atoms with Gasteiger partial charge in [-0.05, 0) is 60.0 Å². The van der Waals surface area contributed by atoms with Crippen LogP contribution in [0.1, 0.15) is 31.0 Å². The van der Waals surface area contributed by atoms with Gasteiger partial charge in [0.2, 0.25) is 0 Å². The Kier molecular flexibility index (Phi) is 7.09. The molecule has 0 aliphatic carbocycles. The highest BCUT2D eigenvalue weighted by atomic mass is 79.9. The third-order valence-corrected chi connectivity index (χ3v) is 6.07. The number of nitrogens with zero attached hydrogens (tertiary/aromatic N) is 3. The molecule has 2 heterocycles. The highest BCUT2D eigenvalue weighted by Gasteiger charge is 2.13. The molecule has 36 heavy (non-hydrogen) atoms. The van der Waals surface area contributed by atoms with Crippen LogP contribution in [0.4, 0.5) is 11.5 Å². The lowest BCUT2D eigenvalue weighted by Gasteiger charge is -2.16. The molecule has 0 aliphatic heterocycles. The van der Waals surface area contributed by atoms with Gasteiger partial charge in [-0.1, -0.05) is 60.1 Å². The largest absolute Gasteiger partial charge is 0.489 e. The topological polar surface area (TPSA) is 69.2 Å². The van der Waals surface area contributed by atoms with Crippen LogP contribution < -0.4 is 14.8 Å². The standard InChI is InChI=1S/C29H25BrN4O2/c1-19(2)25-13-12-24-28(33-25)31-18-32-29(24)34-26-16-23(35-17-20-7-6-8-21(30)15-20)11-14-27(26)36-22-9-4-3-5-10-22/h3-16,18-19H,17H2,1-2H3,(H,31,32,33,34). The van der Waals surface area contributed by atoms with Gasteiger partial charge in [0.05, 0.1) is 11.1 Å². The number of ether oxygens (including phenoxy) is 2. The summed E-state index contributed by atoms with van der Waals surface area (Å²) < 4.78 is 13.3. The Labute approximate surface area is 218 Å². The zero-order valence-corrected chi connectivity index (χ0v) is 21.6. The van der Waals surface area contributed by atoms with Crippen molar-refractivity contribution in [2.75, 3.05) is 5.32 Å². The van der Waals surface area contributed by atoms with Crippen molar-refractivity contribution in [3.05, 3.63) is 107 Å². The van der Waals surface area contributed by atoms with Crippen LogP contribution in [0, 0.1) is 0 Å². The number of pyridine rings is 1. The first-order valence-electron chi connectivity index (χ1n) is 11.7. The van der Waals surface area contributed by atoms with E-state index in [-0.39, 0.29) is 0 Å². The van der Waals surface area contributed by atoms with E-state index in [0.717, 1.165) is 32.6 Å². The molecule has 7 heteroatoms. The maximum atomic E-state index is 6.19. The molecule has 2 aromatic heterocycles. The van der Waals surface area contributed by atoms with E-state index < -0.39 is 0 Å². The maximum Gasteiger partial charge on any atom is 0.164 e. The fraction of sp³-hybridized carbons (Fsp3) is 0.138. The molecule has 1 N–H and O–H groups in total. The molecule has 0 aliphatic rings. The highest BCUT2D eigenvalue weighted by molar-refractivity contribution is 9.10. The first-order valence-corrected chi connectivity index (χ1v) is 12.5. The number of hydrogen-bond donors (Lipinski definition) is 1. The number of hydrogen-bond acceptors (Lipinski definition) is 6. The van der Waals surface area contributed by atoms with Crippen molar-refractivity contribution >= 4 is 38.5 Å². The Balaban J connectivity index is 1.48. The fourth-order valence-electron chi connectivity index (χ4n) is 3.70. The first kappa shape index (κ1) is 23.8. The third kappa shape index (κ3) is 5.63. The second kappa shape index (κ2) is 10.7. The van der Waals surface area contributed by atoms with Crippen LogP contribution in [0.2, 0.25) is 0 Å². The summed E-state index contributed by atoms with van der Waals surface area (Å²) in [6, 6.07) is 27.4. The molecule has 0 fully saturated rings. The van der Waals surface area contributed by atoms with Crippen LogP contribution in [0.3, 0.4) is 0 Å². The molecular weight excluding hydrogens is 516 g/mol. The van der Waals surface area contributed by atoms with Gasteiger partial charge in [0.15, 0.2) is 11.4 Å². The number of halogens is 1. The van der Waals surface area contributed by atoms with Crippen LogP contribution in [0.25, 0.3) is 11.0 Å². The Bertz CT molecular complexity index is 1490. The van der Waals surface area contributed by atoms with E-state index in [1.165, 1.54) is 6.33 Å². The van der Waals surface area contributed by atoms with Gasteiger partial charge in [-0.3, -0.25) is 0 Å². The molecule has 0 bridgehead atoms. The van der Waals surface area contributed by atoms with Gasteiger partial charge in [-0.2, -0.15) is 0 Å². The van der Waals surface area contributed by atoms with E-state index >= 15 is 0 Å². The molecule has 0 unspecified atom stereocenters. The van der Waals surface area contributed by atoms with E-state index in [0.29, 0.717) is 35.5 Å². The molecule has 0 spiro atoms. The summed E-state index contributed by atoms with van der Waals surface area (Å²) in [5.74, 6) is 3.04. The normalized spacial score (nSPS) is 11.0. The molecule has 6 nitrogen and oxygen atoms in total. The van der Waals surface area contributed by atoms with Crippen LogP contribution in [0.5, 0.6) is 17.2 Å². The van der Waals surface area contributed by atoms with Crippen molar-refractivity contribution in [1.29, 1.82) is 0 Å². The van der Waals surface area contributed by atoms with Gasteiger partial charge in [-0.25, -0.2) is 15.0 Å². The van der Waals surface area contributed by atoms with Crippen molar-refractivity contribution in [1.82, 2.24) is 15.0 Å². The lowest BCUT2D eigenvalue weighted by Crippen LogP contribution is -2.02. The average molecular weight is 541 g/mol. The van der Waals surface area contributed by atoms with E-state index in [1.807, 2.05) is 84.9 Å². The van der Waals surface area contributed by atoms with Crippen LogP contribution in [-0.2, 0) is 6.61 Å². The first-order chi connectivity index (χ1) is 17.5. The molecule has 180 valence electrons. The molecule has 5 rings (SSSR count). The highest BCUT2D eigenvalue weighted by Crippen LogP contribution is 2.36. The van der Waals surface area contributed by atoms with Crippen molar-refractivity contribution in [2.24, 2.45) is 0 Å². The molecule has 5 aromatic rings. The minimum Gasteiger partial charge on any atom is -0.489 e. The van der Waals surface area contributed by atoms with Crippen molar-refractivity contribution in [3.8, 4) is 17.2 Å². The number of aromatic nitrogens is 3. The monoisotopic (exact) mass is 540 g/mol. The lowest BCUT2D eigenvalue weighted by atomic mass is 10.1. The summed E-state index contributed by atoms with van der Waals surface area (Å²) in [5.41, 5.74) is 3.42. The van der Waals surface area contributed by atoms with Crippen LogP contribution in [0.15, 0.2) is 95.7 Å². The minimum atomic E-state index is 0.311. The number of rotatable bonds is 8. The summed E-state index contributed by atoms with van der Waals surface area (Å²) in [7, 11) is 0. The van der Waals surface area contributed by atoms with Gasteiger partial charge >= 0.3 is 0 Å². The van der Waals surface area contributed by atoms with E-state index in [1.54, 1.807) is 0 Å². The second-order valence-electron chi connectivity index (χ2n) is 8.60. The summed E-state index contributed by atoms with van der Waals surface area (Å²) in [6.45, 7) is 4.67. The maximum absolute atomic E-state index is 6.19. The van der Waals surface area contributed by atoms with Gasteiger partial charge < -0.3 is 14.8 Å². The van der Waals surface area contributed by atoms with E-state index in [9.17, 15) is 0 Å². The molecule has 0 amide bonds. The van der Waals surface area contributed by atoms with Gasteiger partial charge in [0, 0.05) is 16.2 Å².